The molecule has 3 atom stereocenters. The van der Waals surface area contributed by atoms with Gasteiger partial charge in [0.25, 0.3) is 0 Å². The molecule has 0 amide bonds. The first-order valence-corrected chi connectivity index (χ1v) is 34.7. The summed E-state index contributed by atoms with van der Waals surface area (Å²) in [5, 5.41) is 4.74. The van der Waals surface area contributed by atoms with Gasteiger partial charge in [-0.05, 0) is 79.4 Å². The topological polar surface area (TPSA) is 79.2 Å². The van der Waals surface area contributed by atoms with Crippen LogP contribution in [0.3, 0.4) is 0 Å². The van der Waals surface area contributed by atoms with Gasteiger partial charge < -0.3 is 14.0 Å². The summed E-state index contributed by atoms with van der Waals surface area (Å²) in [5.41, 5.74) is 13.5. The van der Waals surface area contributed by atoms with Crippen molar-refractivity contribution in [1.82, 2.24) is 0 Å². The van der Waals surface area contributed by atoms with Crippen molar-refractivity contribution < 1.29 is 72.1 Å². The summed E-state index contributed by atoms with van der Waals surface area (Å²) in [4.78, 5) is 6.57. The first-order valence-electron chi connectivity index (χ1n) is 29.6. The SMILES string of the molecule is O=P1(c2ccccc2)C(c2ccc(-c3ccccc3)cc2)=CN=C1c1[c-]cccc1.O=P1(c2ccccc2)N=C(c2[c-]cccc2)C=C1c1ccc(-c2ccccc2)cc1.O=P1(c2ccccc2)[CH-]N(c2[c-]cccc2)C=C1c1ccc(-c2ccccc2)cc1.[Rh+2].[Rh].[Rh]. The predicted molar refractivity (Wildman–Crippen MR) is 376 cm³/mol. The van der Waals surface area contributed by atoms with Crippen LogP contribution >= 0.6 is 21.6 Å². The molecule has 3 radical (unpaired) electrons. The molecule has 12 aromatic carbocycles. The van der Waals surface area contributed by atoms with Gasteiger partial charge in [-0.3, -0.25) is 14.3 Å². The van der Waals surface area contributed by atoms with E-state index >= 15 is 0 Å². The van der Waals surface area contributed by atoms with Gasteiger partial charge in [0.1, 0.15) is 0 Å². The van der Waals surface area contributed by atoms with Crippen LogP contribution in [0.5, 0.6) is 0 Å². The molecule has 3 aliphatic rings. The molecule has 0 spiro atoms. The molecule has 12 heteroatoms. The Balaban J connectivity index is 0.000000150. The molecule has 0 aliphatic carbocycles. The third-order valence-corrected chi connectivity index (χ3v) is 24.1. The van der Waals surface area contributed by atoms with Crippen molar-refractivity contribution >= 4 is 70.3 Å². The first kappa shape index (κ1) is 67.5. The summed E-state index contributed by atoms with van der Waals surface area (Å²) in [5.74, 6) is 0. The Bertz CT molecular complexity index is 4680. The molecular formula is C81H58N3O3P3Rh3-2. The maximum atomic E-state index is 14.6. The van der Waals surface area contributed by atoms with Crippen molar-refractivity contribution in [3.63, 3.8) is 0 Å². The fourth-order valence-corrected chi connectivity index (χ4v) is 18.9. The number of hydrogen-bond donors (Lipinski definition) is 0. The minimum atomic E-state index is -3.13. The Morgan fingerprint density at radius 1 is 0.344 bits per heavy atom. The number of rotatable bonds is 12. The van der Waals surface area contributed by atoms with Gasteiger partial charge in [0.15, 0.2) is 7.14 Å². The van der Waals surface area contributed by atoms with E-state index in [1.54, 1.807) is 6.20 Å². The van der Waals surface area contributed by atoms with E-state index in [1.807, 2.05) is 266 Å². The second-order valence-electron chi connectivity index (χ2n) is 21.5. The van der Waals surface area contributed by atoms with Gasteiger partial charge in [-0.1, -0.05) is 249 Å². The Hall–Kier alpha value is -8.44. The second kappa shape index (κ2) is 31.0. The van der Waals surface area contributed by atoms with Crippen LogP contribution in [0.4, 0.5) is 5.69 Å². The van der Waals surface area contributed by atoms with E-state index in [4.69, 9.17) is 4.76 Å². The zero-order valence-corrected chi connectivity index (χ0v) is 57.5. The number of aliphatic imine (C=N–C) groups is 1. The van der Waals surface area contributed by atoms with Crippen molar-refractivity contribution in [1.29, 1.82) is 0 Å². The number of para-hydroxylation sites is 1. The fraction of sp³-hybridized carbons (Fsp3) is 0. The van der Waals surface area contributed by atoms with Crippen LogP contribution in [0, 0.1) is 24.5 Å². The van der Waals surface area contributed by atoms with Gasteiger partial charge in [0, 0.05) is 84.3 Å². The van der Waals surface area contributed by atoms with Crippen molar-refractivity contribution in [2.24, 2.45) is 9.76 Å². The fourth-order valence-electron chi connectivity index (χ4n) is 11.2. The minimum Gasteiger partial charge on any atom is -0.512 e. The summed E-state index contributed by atoms with van der Waals surface area (Å²) >= 11 is 0. The normalized spacial score (nSPS) is 17.5. The summed E-state index contributed by atoms with van der Waals surface area (Å²) in [6.07, 6.45) is 7.56. The molecule has 0 fully saturated rings. The average molecular weight is 1520 g/mol. The Morgan fingerprint density at radius 2 is 0.710 bits per heavy atom. The van der Waals surface area contributed by atoms with Crippen LogP contribution < -0.4 is 20.8 Å². The number of benzene rings is 12. The minimum absolute atomic E-state index is 0. The molecule has 0 N–H and O–H groups in total. The summed E-state index contributed by atoms with van der Waals surface area (Å²) in [6.45, 7) is 0. The van der Waals surface area contributed by atoms with Crippen LogP contribution in [0.1, 0.15) is 27.8 Å². The third-order valence-electron chi connectivity index (χ3n) is 15.8. The van der Waals surface area contributed by atoms with Crippen LogP contribution in [-0.4, -0.2) is 11.2 Å². The Morgan fingerprint density at radius 3 is 1.15 bits per heavy atom. The standard InChI is InChI=1S/C27H20NOP.2C27H19NOP.3Rh/c29-30(26-14-8-3-9-15-26)21-28(25-12-6-2-7-13-25)20-27(30)24-18-16-23(17-19-24)22-10-4-1-5-11-22;29-30(25-14-8-3-9-15-25)26(20-28-27(30)24-12-6-2-7-13-24)23-18-16-22(17-19-23)21-10-4-1-5-11-21;29-30(25-14-8-3-9-15-25)27(20-26(28-30)23-12-6-2-7-13-23)24-18-16-22(17-19-24)21-10-4-1-5-11-21;;;/h1-12,14-21H;2*1-12,14-20H;;;/q-2;2*-1;;;+2. The van der Waals surface area contributed by atoms with E-state index < -0.39 is 21.6 Å². The summed E-state index contributed by atoms with van der Waals surface area (Å²) in [7, 11) is -9.15. The van der Waals surface area contributed by atoms with Gasteiger partial charge >= 0.3 is 19.5 Å². The molecule has 93 heavy (non-hydrogen) atoms. The molecule has 0 saturated carbocycles. The molecule has 3 unspecified atom stereocenters. The van der Waals surface area contributed by atoms with Crippen LogP contribution in [0.2, 0.25) is 0 Å². The van der Waals surface area contributed by atoms with E-state index in [-0.39, 0.29) is 58.4 Å². The first-order chi connectivity index (χ1) is 44.2. The average Bonchev–Trinajstić information content (AvgIpc) is 1.74. The Kier molecular flexibility index (Phi) is 22.5. The molecule has 6 nitrogen and oxygen atoms in total. The molecule has 3 aliphatic heterocycles. The molecule has 0 aromatic heterocycles. The van der Waals surface area contributed by atoms with E-state index in [0.29, 0.717) is 11.2 Å². The van der Waals surface area contributed by atoms with Gasteiger partial charge in [-0.25, -0.2) is 0 Å². The number of hydrogen-bond acceptors (Lipinski definition) is 5. The maximum Gasteiger partial charge on any atom is 2.00 e. The van der Waals surface area contributed by atoms with Crippen LogP contribution in [0.15, 0.2) is 356 Å². The summed E-state index contributed by atoms with van der Waals surface area (Å²) in [6, 6.07) is 117. The van der Waals surface area contributed by atoms with Crippen molar-refractivity contribution in [3.05, 3.63) is 398 Å². The molecule has 459 valence electrons. The zero-order chi connectivity index (χ0) is 61.2. The van der Waals surface area contributed by atoms with Crippen molar-refractivity contribution in [3.8, 4) is 33.4 Å². The Labute approximate surface area is 583 Å². The van der Waals surface area contributed by atoms with Gasteiger partial charge in [0.05, 0.1) is 0 Å². The molecule has 0 bridgehead atoms. The maximum absolute atomic E-state index is 14.6. The monoisotopic (exact) mass is 1520 g/mol. The van der Waals surface area contributed by atoms with Crippen LogP contribution in [0.25, 0.3) is 49.3 Å². The third kappa shape index (κ3) is 14.7. The van der Waals surface area contributed by atoms with Crippen molar-refractivity contribution in [2.75, 3.05) is 4.90 Å². The second-order valence-corrected chi connectivity index (χ2v) is 29.0. The number of nitrogens with zero attached hydrogens (tertiary/aromatic N) is 3. The van der Waals surface area contributed by atoms with E-state index in [2.05, 4.69) is 108 Å². The number of anilines is 1. The zero-order valence-electron chi connectivity index (χ0n) is 49.9. The predicted octanol–water partition coefficient (Wildman–Crippen LogP) is 20.0. The van der Waals surface area contributed by atoms with E-state index in [9.17, 15) is 13.7 Å². The molecule has 15 rings (SSSR count). The molecule has 0 saturated heterocycles. The number of allylic oxidation sites excluding steroid dienone is 1. The smallest absolute Gasteiger partial charge is 0.512 e. The quantitative estimate of drug-likeness (QED) is 0.0694. The largest absolute Gasteiger partial charge is 2.00 e. The van der Waals surface area contributed by atoms with Crippen LogP contribution in [-0.2, 0) is 72.1 Å². The molecule has 3 heterocycles. The molecule has 12 aromatic rings. The van der Waals surface area contributed by atoms with Gasteiger partial charge in [-0.2, -0.15) is 36.6 Å². The molecular weight excluding hydrogens is 1460 g/mol. The van der Waals surface area contributed by atoms with Gasteiger partial charge in [0.2, 0.25) is 7.29 Å². The van der Waals surface area contributed by atoms with E-state index in [0.717, 1.165) is 93.2 Å². The summed E-state index contributed by atoms with van der Waals surface area (Å²) < 4.78 is 47.9. The van der Waals surface area contributed by atoms with E-state index in [1.165, 1.54) is 5.56 Å². The van der Waals surface area contributed by atoms with Crippen molar-refractivity contribution in [2.45, 2.75) is 0 Å². The van der Waals surface area contributed by atoms with Gasteiger partial charge in [-0.15, -0.1) is 77.5 Å².